The molecule has 0 heterocycles. The molecule has 0 spiro atoms. The lowest BCUT2D eigenvalue weighted by Gasteiger charge is -2.20. The van der Waals surface area contributed by atoms with Crippen LogP contribution >= 0.6 is 0 Å². The van der Waals surface area contributed by atoms with Gasteiger partial charge in [-0.3, -0.25) is 0 Å². The lowest BCUT2D eigenvalue weighted by Crippen LogP contribution is -2.40. The van der Waals surface area contributed by atoms with Gasteiger partial charge in [0.2, 0.25) is 0 Å². The summed E-state index contributed by atoms with van der Waals surface area (Å²) in [6, 6.07) is 0.0822. The molecule has 0 amide bonds. The van der Waals surface area contributed by atoms with Crippen LogP contribution in [0.15, 0.2) is 0 Å². The minimum absolute atomic E-state index is 0.0822. The molecule has 0 radical (unpaired) electrons. The Morgan fingerprint density at radius 1 is 1.18 bits per heavy atom. The third kappa shape index (κ3) is 3.69. The molecule has 11 heavy (non-hydrogen) atoms. The van der Waals surface area contributed by atoms with Gasteiger partial charge in [-0.15, -0.1) is 0 Å². The van der Waals surface area contributed by atoms with Gasteiger partial charge in [0, 0.05) is 6.04 Å². The highest BCUT2D eigenvalue weighted by Gasteiger charge is 2.16. The van der Waals surface area contributed by atoms with Gasteiger partial charge in [0.15, 0.2) is 0 Å². The van der Waals surface area contributed by atoms with Crippen LogP contribution in [0.5, 0.6) is 0 Å². The van der Waals surface area contributed by atoms with Crippen molar-refractivity contribution in [3.63, 3.8) is 0 Å². The van der Waals surface area contributed by atoms with E-state index in [1.54, 1.807) is 0 Å². The van der Waals surface area contributed by atoms with Gasteiger partial charge in [-0.1, -0.05) is 19.3 Å². The van der Waals surface area contributed by atoms with Crippen molar-refractivity contribution in [2.24, 2.45) is 5.14 Å². The molecule has 0 aliphatic heterocycles. The van der Waals surface area contributed by atoms with Crippen molar-refractivity contribution < 1.29 is 8.42 Å². The van der Waals surface area contributed by atoms with Gasteiger partial charge in [0.25, 0.3) is 10.2 Å². The highest BCUT2D eigenvalue weighted by atomic mass is 32.2. The van der Waals surface area contributed by atoms with E-state index >= 15 is 0 Å². The topological polar surface area (TPSA) is 72.2 Å². The van der Waals surface area contributed by atoms with Crippen molar-refractivity contribution in [1.29, 1.82) is 0 Å². The molecule has 1 aliphatic rings. The Labute approximate surface area is 67.3 Å². The monoisotopic (exact) mass is 178 g/mol. The third-order valence-corrected chi connectivity index (χ3v) is 2.60. The highest BCUT2D eigenvalue weighted by Crippen LogP contribution is 2.17. The van der Waals surface area contributed by atoms with Crippen molar-refractivity contribution in [3.8, 4) is 0 Å². The van der Waals surface area contributed by atoms with Crippen LogP contribution in [0.25, 0.3) is 0 Å². The molecule has 0 saturated heterocycles. The largest absolute Gasteiger partial charge is 0.274 e. The second-order valence-electron chi connectivity index (χ2n) is 3.00. The summed E-state index contributed by atoms with van der Waals surface area (Å²) in [5.74, 6) is 0. The van der Waals surface area contributed by atoms with E-state index in [-0.39, 0.29) is 6.04 Å². The van der Waals surface area contributed by atoms with Crippen molar-refractivity contribution in [2.75, 3.05) is 0 Å². The van der Waals surface area contributed by atoms with E-state index in [9.17, 15) is 8.42 Å². The molecule has 66 valence electrons. The van der Waals surface area contributed by atoms with E-state index in [1.165, 1.54) is 6.42 Å². The fourth-order valence-electron chi connectivity index (χ4n) is 1.45. The van der Waals surface area contributed by atoms with E-state index < -0.39 is 10.2 Å². The summed E-state index contributed by atoms with van der Waals surface area (Å²) in [6.07, 6.45) is 5.27. The van der Waals surface area contributed by atoms with Crippen molar-refractivity contribution in [1.82, 2.24) is 4.72 Å². The van der Waals surface area contributed by atoms with Crippen molar-refractivity contribution >= 4 is 10.2 Å². The van der Waals surface area contributed by atoms with Crippen LogP contribution in [-0.4, -0.2) is 14.5 Å². The van der Waals surface area contributed by atoms with E-state index in [0.717, 1.165) is 25.7 Å². The molecule has 1 rings (SSSR count). The first-order valence-corrected chi connectivity index (χ1v) is 5.42. The van der Waals surface area contributed by atoms with Gasteiger partial charge in [-0.2, -0.15) is 13.1 Å². The first-order chi connectivity index (χ1) is 5.08. The van der Waals surface area contributed by atoms with E-state index in [1.807, 2.05) is 0 Å². The second-order valence-corrected chi connectivity index (χ2v) is 4.32. The maximum atomic E-state index is 10.6. The molecule has 0 aromatic rings. The normalized spacial score (nSPS) is 21.9. The molecular formula is C6H14N2O2S. The van der Waals surface area contributed by atoms with Crippen molar-refractivity contribution in [2.45, 2.75) is 38.1 Å². The molecule has 0 aromatic heterocycles. The van der Waals surface area contributed by atoms with Gasteiger partial charge in [0.05, 0.1) is 0 Å². The molecule has 5 heteroatoms. The lowest BCUT2D eigenvalue weighted by molar-refractivity contribution is 0.412. The summed E-state index contributed by atoms with van der Waals surface area (Å²) in [5, 5.41) is 4.83. The minimum atomic E-state index is -3.47. The van der Waals surface area contributed by atoms with Crippen LogP contribution in [-0.2, 0) is 10.2 Å². The lowest BCUT2D eigenvalue weighted by atomic mass is 9.96. The predicted octanol–water partition coefficient (Wildman–Crippen LogP) is 0.112. The summed E-state index contributed by atoms with van der Waals surface area (Å²) in [4.78, 5) is 0. The van der Waals surface area contributed by atoms with Gasteiger partial charge in [-0.25, -0.2) is 5.14 Å². The molecule has 0 aromatic carbocycles. The summed E-state index contributed by atoms with van der Waals surface area (Å²) >= 11 is 0. The third-order valence-electron chi connectivity index (χ3n) is 1.94. The van der Waals surface area contributed by atoms with Gasteiger partial charge in [-0.05, 0) is 12.8 Å². The average molecular weight is 178 g/mol. The zero-order chi connectivity index (χ0) is 8.32. The van der Waals surface area contributed by atoms with Crippen LogP contribution in [0.2, 0.25) is 0 Å². The molecule has 1 saturated carbocycles. The summed E-state index contributed by atoms with van der Waals surface area (Å²) < 4.78 is 23.5. The fraction of sp³-hybridized carbons (Fsp3) is 1.00. The molecule has 1 aliphatic carbocycles. The molecule has 0 atom stereocenters. The van der Waals surface area contributed by atoms with Crippen molar-refractivity contribution in [3.05, 3.63) is 0 Å². The minimum Gasteiger partial charge on any atom is -0.216 e. The zero-order valence-electron chi connectivity index (χ0n) is 6.41. The number of hydrogen-bond donors (Lipinski definition) is 2. The maximum Gasteiger partial charge on any atom is 0.274 e. The second kappa shape index (κ2) is 3.51. The summed E-state index contributed by atoms with van der Waals surface area (Å²) in [6.45, 7) is 0. The smallest absolute Gasteiger partial charge is 0.216 e. The predicted molar refractivity (Wildman–Crippen MR) is 43.1 cm³/mol. The first kappa shape index (κ1) is 8.96. The Morgan fingerprint density at radius 3 is 2.18 bits per heavy atom. The summed E-state index contributed by atoms with van der Waals surface area (Å²) in [5.41, 5.74) is 0. The number of nitrogens with one attached hydrogen (secondary N) is 1. The molecule has 0 unspecified atom stereocenters. The van der Waals surface area contributed by atoms with Crippen LogP contribution in [0.1, 0.15) is 32.1 Å². The Balaban J connectivity index is 2.36. The molecule has 0 bridgehead atoms. The fourth-order valence-corrected chi connectivity index (χ4v) is 2.15. The van der Waals surface area contributed by atoms with E-state index in [2.05, 4.69) is 4.72 Å². The number of hydrogen-bond acceptors (Lipinski definition) is 2. The quantitative estimate of drug-likeness (QED) is 0.630. The Bertz CT molecular complexity index is 207. The van der Waals surface area contributed by atoms with E-state index in [4.69, 9.17) is 5.14 Å². The molecular weight excluding hydrogens is 164 g/mol. The zero-order valence-corrected chi connectivity index (χ0v) is 7.23. The average Bonchev–Trinajstić information content (AvgIpc) is 1.85. The Kier molecular flexibility index (Phi) is 2.86. The highest BCUT2D eigenvalue weighted by molar-refractivity contribution is 7.87. The maximum absolute atomic E-state index is 10.6. The van der Waals surface area contributed by atoms with Crippen LogP contribution in [0, 0.1) is 0 Å². The van der Waals surface area contributed by atoms with Gasteiger partial charge >= 0.3 is 0 Å². The first-order valence-electron chi connectivity index (χ1n) is 3.88. The Hall–Kier alpha value is -0.130. The van der Waals surface area contributed by atoms with Crippen LogP contribution in [0.3, 0.4) is 0 Å². The van der Waals surface area contributed by atoms with Crippen LogP contribution in [0.4, 0.5) is 0 Å². The standard InChI is InChI=1S/C6H14N2O2S/c7-11(9,10)8-6-4-2-1-3-5-6/h6,8H,1-5H2,(H2,7,9,10). The SMILES string of the molecule is NS(=O)(=O)NC1CCCCC1. The number of nitrogens with two attached hydrogens (primary N) is 1. The molecule has 1 fully saturated rings. The Morgan fingerprint density at radius 2 is 1.73 bits per heavy atom. The summed E-state index contributed by atoms with van der Waals surface area (Å²) in [7, 11) is -3.47. The molecule has 3 N–H and O–H groups in total. The van der Waals surface area contributed by atoms with Crippen LogP contribution < -0.4 is 9.86 Å². The van der Waals surface area contributed by atoms with Gasteiger partial charge in [0.1, 0.15) is 0 Å². The van der Waals surface area contributed by atoms with Gasteiger partial charge < -0.3 is 0 Å². The number of rotatable bonds is 2. The van der Waals surface area contributed by atoms with E-state index in [0.29, 0.717) is 0 Å². The molecule has 4 nitrogen and oxygen atoms in total.